The maximum absolute atomic E-state index is 13.0. The molecule has 1 aliphatic heterocycles. The van der Waals surface area contributed by atoms with Gasteiger partial charge >= 0.3 is 0 Å². The second-order valence-corrected chi connectivity index (χ2v) is 8.62. The van der Waals surface area contributed by atoms with Crippen LogP contribution in [-0.2, 0) is 13.1 Å². The molecule has 2 aromatic rings. The molecular formula is C21H32Cl2N4OS. The van der Waals surface area contributed by atoms with Crippen molar-refractivity contribution in [3.05, 3.63) is 46.2 Å². The average molecular weight is 459 g/mol. The second-order valence-electron chi connectivity index (χ2n) is 7.74. The summed E-state index contributed by atoms with van der Waals surface area (Å²) in [4.78, 5) is 18.9. The number of benzene rings is 1. The van der Waals surface area contributed by atoms with E-state index < -0.39 is 0 Å². The maximum atomic E-state index is 13.0. The smallest absolute Gasteiger partial charge is 0.271 e. The Labute approximate surface area is 190 Å². The molecule has 5 nitrogen and oxygen atoms in total. The van der Waals surface area contributed by atoms with E-state index in [9.17, 15) is 4.79 Å². The summed E-state index contributed by atoms with van der Waals surface area (Å²) in [7, 11) is 2.15. The monoisotopic (exact) mass is 458 g/mol. The molecule has 1 aromatic carbocycles. The molecule has 1 aromatic heterocycles. The zero-order valence-corrected chi connectivity index (χ0v) is 20.1. The number of hydrogen-bond donors (Lipinski definition) is 0. The van der Waals surface area contributed by atoms with E-state index in [4.69, 9.17) is 0 Å². The highest BCUT2D eigenvalue weighted by Crippen LogP contribution is 2.22. The first-order valence-electron chi connectivity index (χ1n) is 9.62. The van der Waals surface area contributed by atoms with Gasteiger partial charge < -0.3 is 4.90 Å². The fourth-order valence-electron chi connectivity index (χ4n) is 3.33. The molecule has 0 N–H and O–H groups in total. The van der Waals surface area contributed by atoms with Gasteiger partial charge in [-0.05, 0) is 37.4 Å². The Morgan fingerprint density at radius 1 is 1.07 bits per heavy atom. The van der Waals surface area contributed by atoms with Crippen LogP contribution in [0.1, 0.15) is 19.4 Å². The van der Waals surface area contributed by atoms with Crippen LogP contribution < -0.4 is 5.56 Å². The predicted molar refractivity (Wildman–Crippen MR) is 128 cm³/mol. The summed E-state index contributed by atoms with van der Waals surface area (Å²) in [6.07, 6.45) is 2.07. The summed E-state index contributed by atoms with van der Waals surface area (Å²) in [5, 5.41) is 4.67. The normalized spacial score (nSPS) is 15.1. The lowest BCUT2D eigenvalue weighted by Gasteiger charge is -2.32. The first kappa shape index (κ1) is 26.0. The van der Waals surface area contributed by atoms with E-state index in [1.165, 1.54) is 4.90 Å². The highest BCUT2D eigenvalue weighted by molar-refractivity contribution is 7.98. The summed E-state index contributed by atoms with van der Waals surface area (Å²) >= 11 is 1.73. The quantitative estimate of drug-likeness (QED) is 0.614. The van der Waals surface area contributed by atoms with Crippen LogP contribution in [0.25, 0.3) is 11.3 Å². The molecule has 1 saturated heterocycles. The minimum atomic E-state index is 0. The molecule has 0 radical (unpaired) electrons. The van der Waals surface area contributed by atoms with Crippen molar-refractivity contribution in [2.24, 2.45) is 5.92 Å². The molecule has 0 saturated carbocycles. The summed E-state index contributed by atoms with van der Waals surface area (Å²) in [6.45, 7) is 9.68. The topological polar surface area (TPSA) is 41.4 Å². The zero-order chi connectivity index (χ0) is 19.4. The second kappa shape index (κ2) is 12.0. The summed E-state index contributed by atoms with van der Waals surface area (Å²) in [5.41, 5.74) is 2.84. The van der Waals surface area contributed by atoms with E-state index in [0.717, 1.165) is 43.0 Å². The summed E-state index contributed by atoms with van der Waals surface area (Å²) in [5.74, 6) is 0.376. The van der Waals surface area contributed by atoms with Gasteiger partial charge in [0.05, 0.1) is 5.69 Å². The van der Waals surface area contributed by atoms with E-state index in [1.54, 1.807) is 16.4 Å². The third-order valence-electron chi connectivity index (χ3n) is 4.96. The van der Waals surface area contributed by atoms with Gasteiger partial charge in [-0.25, -0.2) is 4.68 Å². The van der Waals surface area contributed by atoms with E-state index in [0.29, 0.717) is 19.0 Å². The Balaban J connectivity index is 0.00000210. The first-order valence-corrected chi connectivity index (χ1v) is 10.8. The van der Waals surface area contributed by atoms with Gasteiger partial charge in [0.15, 0.2) is 0 Å². The van der Waals surface area contributed by atoms with E-state index in [-0.39, 0.29) is 30.4 Å². The van der Waals surface area contributed by atoms with E-state index in [2.05, 4.69) is 66.3 Å². The van der Waals surface area contributed by atoms with Gasteiger partial charge in [0, 0.05) is 55.3 Å². The van der Waals surface area contributed by atoms with Gasteiger partial charge in [-0.1, -0.05) is 26.0 Å². The maximum Gasteiger partial charge on any atom is 0.271 e. The Morgan fingerprint density at radius 2 is 1.69 bits per heavy atom. The number of thioether (sulfide) groups is 1. The molecule has 0 amide bonds. The lowest BCUT2D eigenvalue weighted by Crippen LogP contribution is -2.45. The molecule has 29 heavy (non-hydrogen) atoms. The number of hydrogen-bond acceptors (Lipinski definition) is 5. The van der Waals surface area contributed by atoms with Crippen molar-refractivity contribution < 1.29 is 0 Å². The predicted octanol–water partition coefficient (Wildman–Crippen LogP) is 3.88. The van der Waals surface area contributed by atoms with Crippen molar-refractivity contribution >= 4 is 36.6 Å². The Morgan fingerprint density at radius 3 is 2.24 bits per heavy atom. The van der Waals surface area contributed by atoms with Gasteiger partial charge in [-0.15, -0.1) is 36.6 Å². The van der Waals surface area contributed by atoms with Gasteiger partial charge in [0.2, 0.25) is 0 Å². The molecule has 2 heterocycles. The van der Waals surface area contributed by atoms with Crippen LogP contribution in [0.4, 0.5) is 0 Å². The SMILES string of the molecule is CSc1ccc(-c2cc(CN3CCN(C)CC3)c(=O)n(CC(C)C)n2)cc1.Cl.Cl. The van der Waals surface area contributed by atoms with Crippen molar-refractivity contribution in [1.29, 1.82) is 0 Å². The van der Waals surface area contributed by atoms with Gasteiger partial charge in [0.1, 0.15) is 0 Å². The fourth-order valence-corrected chi connectivity index (χ4v) is 3.74. The van der Waals surface area contributed by atoms with Crippen LogP contribution in [0.3, 0.4) is 0 Å². The minimum absolute atomic E-state index is 0. The van der Waals surface area contributed by atoms with Crippen LogP contribution in [0.2, 0.25) is 0 Å². The van der Waals surface area contributed by atoms with Crippen molar-refractivity contribution in [2.45, 2.75) is 31.8 Å². The molecule has 1 fully saturated rings. The summed E-state index contributed by atoms with van der Waals surface area (Å²) < 4.78 is 1.66. The average Bonchev–Trinajstić information content (AvgIpc) is 2.66. The van der Waals surface area contributed by atoms with Crippen LogP contribution >= 0.6 is 36.6 Å². The first-order chi connectivity index (χ1) is 13.0. The van der Waals surface area contributed by atoms with Crippen LogP contribution in [0.5, 0.6) is 0 Å². The number of aromatic nitrogens is 2. The molecule has 0 spiro atoms. The molecule has 3 rings (SSSR count). The summed E-state index contributed by atoms with van der Waals surface area (Å²) in [6, 6.07) is 10.4. The number of rotatable bonds is 6. The third kappa shape index (κ3) is 7.00. The lowest BCUT2D eigenvalue weighted by atomic mass is 10.1. The molecule has 162 valence electrons. The Hall–Kier alpha value is -1.05. The molecule has 0 aliphatic carbocycles. The van der Waals surface area contributed by atoms with E-state index >= 15 is 0 Å². The Kier molecular flexibility index (Phi) is 10.7. The van der Waals surface area contributed by atoms with Crippen LogP contribution in [0, 0.1) is 5.92 Å². The number of likely N-dealkylation sites (N-methyl/N-ethyl adjacent to an activating group) is 1. The zero-order valence-electron chi connectivity index (χ0n) is 17.6. The minimum Gasteiger partial charge on any atom is -0.304 e. The molecule has 0 atom stereocenters. The highest BCUT2D eigenvalue weighted by atomic mass is 35.5. The molecule has 8 heteroatoms. The number of nitrogens with zero attached hydrogens (tertiary/aromatic N) is 4. The largest absolute Gasteiger partial charge is 0.304 e. The molecule has 1 aliphatic rings. The van der Waals surface area contributed by atoms with Crippen molar-refractivity contribution in [1.82, 2.24) is 19.6 Å². The van der Waals surface area contributed by atoms with Gasteiger partial charge in [-0.2, -0.15) is 5.10 Å². The lowest BCUT2D eigenvalue weighted by molar-refractivity contribution is 0.147. The van der Waals surface area contributed by atoms with E-state index in [1.807, 2.05) is 6.07 Å². The number of halogens is 2. The van der Waals surface area contributed by atoms with Gasteiger partial charge in [0.25, 0.3) is 5.56 Å². The molecule has 0 unspecified atom stereocenters. The van der Waals surface area contributed by atoms with Crippen molar-refractivity contribution in [3.8, 4) is 11.3 Å². The standard InChI is InChI=1S/C21H30N4OS.2ClH/c1-16(2)14-25-21(26)18(15-24-11-9-23(3)10-12-24)13-20(22-25)17-5-7-19(27-4)8-6-17;;/h5-8,13,16H,9-12,14-15H2,1-4H3;2*1H. The van der Waals surface area contributed by atoms with Crippen molar-refractivity contribution in [3.63, 3.8) is 0 Å². The van der Waals surface area contributed by atoms with Crippen LogP contribution in [0.15, 0.2) is 40.0 Å². The Bertz CT molecular complexity index is 818. The van der Waals surface area contributed by atoms with Crippen molar-refractivity contribution in [2.75, 3.05) is 39.5 Å². The number of piperazine rings is 1. The van der Waals surface area contributed by atoms with Gasteiger partial charge in [-0.3, -0.25) is 9.69 Å². The highest BCUT2D eigenvalue weighted by Gasteiger charge is 2.18. The molecule has 0 bridgehead atoms. The fraction of sp³-hybridized carbons (Fsp3) is 0.524. The third-order valence-corrected chi connectivity index (χ3v) is 5.71. The molecular weight excluding hydrogens is 427 g/mol. The van der Waals surface area contributed by atoms with Crippen LogP contribution in [-0.4, -0.2) is 59.1 Å².